The molecule has 0 aliphatic heterocycles. The largest absolute Gasteiger partial charge is 0.376 e. The van der Waals surface area contributed by atoms with Gasteiger partial charge in [-0.1, -0.05) is 24.2 Å². The van der Waals surface area contributed by atoms with Gasteiger partial charge in [-0.3, -0.25) is 9.78 Å². The molecule has 0 bridgehead atoms. The van der Waals surface area contributed by atoms with Crippen molar-refractivity contribution < 1.29 is 4.79 Å². The van der Waals surface area contributed by atoms with Crippen LogP contribution in [0.3, 0.4) is 0 Å². The predicted molar refractivity (Wildman–Crippen MR) is 105 cm³/mol. The van der Waals surface area contributed by atoms with Gasteiger partial charge in [0.25, 0.3) is 0 Å². The van der Waals surface area contributed by atoms with Crippen molar-refractivity contribution in [2.75, 3.05) is 11.9 Å². The number of nitrogens with one attached hydrogen (secondary N) is 1. The van der Waals surface area contributed by atoms with Crippen LogP contribution in [0.1, 0.15) is 52.9 Å². The molecule has 0 saturated heterocycles. The number of aromatic nitrogens is 1. The van der Waals surface area contributed by atoms with E-state index in [2.05, 4.69) is 22.4 Å². The molecule has 1 aliphatic rings. The smallest absolute Gasteiger partial charge is 0.196 e. The second-order valence-corrected chi connectivity index (χ2v) is 7.56. The number of benzene rings is 1. The number of ketones is 1. The van der Waals surface area contributed by atoms with Crippen LogP contribution in [0.25, 0.3) is 10.1 Å². The zero-order valence-electron chi connectivity index (χ0n) is 14.5. The molecule has 5 nitrogen and oxygen atoms in total. The number of carbonyl (C=O) groups excluding carboxylic acids is 1. The Hall–Kier alpha value is -2.60. The maximum absolute atomic E-state index is 13.3. The van der Waals surface area contributed by atoms with E-state index in [0.29, 0.717) is 11.1 Å². The van der Waals surface area contributed by atoms with Crippen LogP contribution in [0.5, 0.6) is 0 Å². The summed E-state index contributed by atoms with van der Waals surface area (Å²) in [6.45, 7) is 2.92. The van der Waals surface area contributed by atoms with E-state index in [0.717, 1.165) is 52.0 Å². The lowest BCUT2D eigenvalue weighted by Crippen LogP contribution is -2.07. The van der Waals surface area contributed by atoms with Gasteiger partial charge < -0.3 is 5.32 Å². The van der Waals surface area contributed by atoms with E-state index in [9.17, 15) is 9.70 Å². The number of nitroso groups, excluding NO2 is 1. The molecule has 0 fully saturated rings. The summed E-state index contributed by atoms with van der Waals surface area (Å²) >= 11 is 1.57. The molecule has 2 aromatic heterocycles. The fourth-order valence-corrected chi connectivity index (χ4v) is 4.62. The highest BCUT2D eigenvalue weighted by Crippen LogP contribution is 2.38. The van der Waals surface area contributed by atoms with Crippen LogP contribution < -0.4 is 5.32 Å². The topological polar surface area (TPSA) is 71.4 Å². The van der Waals surface area contributed by atoms with E-state index >= 15 is 0 Å². The molecule has 1 N–H and O–H groups in total. The minimum Gasteiger partial charge on any atom is -0.376 e. The standard InChI is InChI=1S/C20H19N3O2S/c1-2-8-22-20-18(15-7-9-21-11-17(15)26-20)19(24)13-3-5-14-12(10-13)4-6-16(14)23-25/h3,5,7,9-11,16,22H,2,4,6,8H2,1H3. The van der Waals surface area contributed by atoms with Crippen molar-refractivity contribution in [3.8, 4) is 0 Å². The third-order valence-corrected chi connectivity index (χ3v) is 5.93. The normalized spacial score (nSPS) is 15.8. The highest BCUT2D eigenvalue weighted by molar-refractivity contribution is 7.23. The molecule has 1 aliphatic carbocycles. The fourth-order valence-electron chi connectivity index (χ4n) is 3.53. The molecule has 0 radical (unpaired) electrons. The second-order valence-electron chi connectivity index (χ2n) is 6.51. The van der Waals surface area contributed by atoms with Crippen molar-refractivity contribution in [3.05, 3.63) is 63.8 Å². The van der Waals surface area contributed by atoms with Gasteiger partial charge in [-0.15, -0.1) is 11.3 Å². The van der Waals surface area contributed by atoms with Gasteiger partial charge in [-0.05, 0) is 42.5 Å². The van der Waals surface area contributed by atoms with Gasteiger partial charge >= 0.3 is 0 Å². The van der Waals surface area contributed by atoms with Gasteiger partial charge in [0.15, 0.2) is 5.78 Å². The summed E-state index contributed by atoms with van der Waals surface area (Å²) < 4.78 is 1.00. The van der Waals surface area contributed by atoms with E-state index < -0.39 is 0 Å². The Morgan fingerprint density at radius 2 is 2.27 bits per heavy atom. The molecule has 1 aromatic carbocycles. The number of hydrogen-bond donors (Lipinski definition) is 1. The van der Waals surface area contributed by atoms with Gasteiger partial charge in [0.05, 0.1) is 10.3 Å². The van der Waals surface area contributed by atoms with Crippen LogP contribution in [-0.4, -0.2) is 17.3 Å². The Morgan fingerprint density at radius 3 is 3.08 bits per heavy atom. The Bertz CT molecular complexity index is 996. The monoisotopic (exact) mass is 365 g/mol. The van der Waals surface area contributed by atoms with Gasteiger partial charge in [0.1, 0.15) is 11.0 Å². The highest BCUT2D eigenvalue weighted by atomic mass is 32.1. The molecule has 6 heteroatoms. The first-order valence-electron chi connectivity index (χ1n) is 8.83. The predicted octanol–water partition coefficient (Wildman–Crippen LogP) is 5.10. The van der Waals surface area contributed by atoms with Crippen LogP contribution in [0.2, 0.25) is 0 Å². The molecular weight excluding hydrogens is 346 g/mol. The molecule has 2 heterocycles. The van der Waals surface area contributed by atoms with Crippen molar-refractivity contribution >= 4 is 32.2 Å². The summed E-state index contributed by atoms with van der Waals surface area (Å²) in [5, 5.41) is 8.41. The Labute approximate surface area is 155 Å². The van der Waals surface area contributed by atoms with Crippen molar-refractivity contribution in [2.24, 2.45) is 5.18 Å². The van der Waals surface area contributed by atoms with E-state index in [1.807, 2.05) is 24.3 Å². The first-order chi connectivity index (χ1) is 12.7. The molecule has 4 rings (SSSR count). The van der Waals surface area contributed by atoms with Crippen LogP contribution in [0, 0.1) is 4.91 Å². The highest BCUT2D eigenvalue weighted by Gasteiger charge is 2.26. The molecule has 0 spiro atoms. The van der Waals surface area contributed by atoms with Crippen LogP contribution in [-0.2, 0) is 6.42 Å². The summed E-state index contributed by atoms with van der Waals surface area (Å²) in [6, 6.07) is 7.26. The van der Waals surface area contributed by atoms with Crippen LogP contribution in [0.4, 0.5) is 5.00 Å². The third kappa shape index (κ3) is 2.80. The minimum absolute atomic E-state index is 0.00589. The number of nitrogens with zero attached hydrogens (tertiary/aromatic N) is 2. The van der Waals surface area contributed by atoms with Crippen molar-refractivity contribution in [1.82, 2.24) is 4.98 Å². The fraction of sp³-hybridized carbons (Fsp3) is 0.300. The third-order valence-electron chi connectivity index (χ3n) is 4.83. The quantitative estimate of drug-likeness (QED) is 0.487. The maximum Gasteiger partial charge on any atom is 0.196 e. The van der Waals surface area contributed by atoms with E-state index in [1.54, 1.807) is 23.7 Å². The molecule has 0 saturated carbocycles. The summed E-state index contributed by atoms with van der Waals surface area (Å²) in [6.07, 6.45) is 6.03. The van der Waals surface area contributed by atoms with Crippen molar-refractivity contribution in [1.29, 1.82) is 0 Å². The van der Waals surface area contributed by atoms with Gasteiger partial charge in [-0.2, -0.15) is 4.91 Å². The first kappa shape index (κ1) is 16.8. The average Bonchev–Trinajstić information content (AvgIpc) is 3.25. The molecule has 26 heavy (non-hydrogen) atoms. The number of hydrogen-bond acceptors (Lipinski definition) is 6. The van der Waals surface area contributed by atoms with Gasteiger partial charge in [0.2, 0.25) is 0 Å². The number of fused-ring (bicyclic) bond motifs is 2. The average molecular weight is 365 g/mol. The first-order valence-corrected chi connectivity index (χ1v) is 9.65. The van der Waals surface area contributed by atoms with Gasteiger partial charge in [0, 0.05) is 29.9 Å². The molecule has 1 atom stereocenters. The van der Waals surface area contributed by atoms with E-state index in [1.165, 1.54) is 0 Å². The Balaban J connectivity index is 1.78. The van der Waals surface area contributed by atoms with Crippen LogP contribution >= 0.6 is 11.3 Å². The van der Waals surface area contributed by atoms with Crippen molar-refractivity contribution in [2.45, 2.75) is 32.2 Å². The molecule has 3 aromatic rings. The Kier molecular flexibility index (Phi) is 4.51. The zero-order valence-corrected chi connectivity index (χ0v) is 15.3. The zero-order chi connectivity index (χ0) is 18.1. The lowest BCUT2D eigenvalue weighted by atomic mass is 9.98. The maximum atomic E-state index is 13.3. The summed E-state index contributed by atoms with van der Waals surface area (Å²) in [5.41, 5.74) is 3.39. The summed E-state index contributed by atoms with van der Waals surface area (Å²) in [5.74, 6) is 0.00589. The minimum atomic E-state index is -0.274. The molecular formula is C20H19N3O2S. The van der Waals surface area contributed by atoms with E-state index in [4.69, 9.17) is 0 Å². The second kappa shape index (κ2) is 6.96. The van der Waals surface area contributed by atoms with Crippen molar-refractivity contribution in [3.63, 3.8) is 0 Å². The number of thiophene rings is 1. The molecule has 0 amide bonds. The number of carbonyl (C=O) groups is 1. The molecule has 132 valence electrons. The Morgan fingerprint density at radius 1 is 1.38 bits per heavy atom. The lowest BCUT2D eigenvalue weighted by Gasteiger charge is -2.08. The van der Waals surface area contributed by atoms with E-state index in [-0.39, 0.29) is 11.8 Å². The van der Waals surface area contributed by atoms with Gasteiger partial charge in [-0.25, -0.2) is 0 Å². The SMILES string of the molecule is CCCNc1sc2cnccc2c1C(=O)c1ccc2c(c1)CCC2N=O. The molecule has 1 unspecified atom stereocenters. The summed E-state index contributed by atoms with van der Waals surface area (Å²) in [7, 11) is 0. The number of pyridine rings is 1. The number of anilines is 1. The number of rotatable bonds is 6. The number of aryl methyl sites for hydroxylation is 1. The lowest BCUT2D eigenvalue weighted by molar-refractivity contribution is 0.104. The summed E-state index contributed by atoms with van der Waals surface area (Å²) in [4.78, 5) is 28.4. The van der Waals surface area contributed by atoms with Crippen LogP contribution in [0.15, 0.2) is 41.8 Å².